The van der Waals surface area contributed by atoms with Crippen molar-refractivity contribution < 1.29 is 9.90 Å². The zero-order chi connectivity index (χ0) is 19.1. The van der Waals surface area contributed by atoms with E-state index in [0.29, 0.717) is 11.6 Å². The number of benzene rings is 2. The lowest BCUT2D eigenvalue weighted by Crippen LogP contribution is -2.24. The third kappa shape index (κ3) is 5.06. The molecule has 0 saturated heterocycles. The van der Waals surface area contributed by atoms with Crippen molar-refractivity contribution >= 4 is 23.6 Å². The van der Waals surface area contributed by atoms with Crippen LogP contribution < -0.4 is 5.32 Å². The molecule has 1 heterocycles. The summed E-state index contributed by atoms with van der Waals surface area (Å²) < 4.78 is 1.81. The Balaban J connectivity index is 1.91. The Morgan fingerprint density at radius 3 is 2.63 bits per heavy atom. The average Bonchev–Trinajstić information content (AvgIpc) is 3.10. The van der Waals surface area contributed by atoms with Crippen LogP contribution in [0.5, 0.6) is 0 Å². The number of nitrogens with zero attached hydrogens (tertiary/aromatic N) is 2. The number of amides is 1. The number of nitrogens with one attached hydrogen (secondary N) is 1. The highest BCUT2D eigenvalue weighted by molar-refractivity contribution is 6.31. The second-order valence-corrected chi connectivity index (χ2v) is 6.34. The largest absolute Gasteiger partial charge is 0.395 e. The third-order valence-corrected chi connectivity index (χ3v) is 4.32. The molecule has 0 saturated carbocycles. The lowest BCUT2D eigenvalue weighted by atomic mass is 10.1. The molecule has 138 valence electrons. The van der Waals surface area contributed by atoms with Crippen LogP contribution in [0.4, 0.5) is 0 Å². The number of aliphatic hydroxyl groups is 1. The van der Waals surface area contributed by atoms with Crippen molar-refractivity contribution in [1.29, 1.82) is 0 Å². The first kappa shape index (κ1) is 18.9. The van der Waals surface area contributed by atoms with Gasteiger partial charge in [-0.05, 0) is 17.7 Å². The Kier molecular flexibility index (Phi) is 6.41. The number of aliphatic hydroxyl groups excluding tert-OH is 1. The molecule has 0 radical (unpaired) electrons. The van der Waals surface area contributed by atoms with Crippen LogP contribution in [-0.4, -0.2) is 33.9 Å². The van der Waals surface area contributed by atoms with Gasteiger partial charge in [0.15, 0.2) is 0 Å². The van der Waals surface area contributed by atoms with Crippen LogP contribution in [0.3, 0.4) is 0 Å². The van der Waals surface area contributed by atoms with E-state index in [1.54, 1.807) is 6.08 Å². The second kappa shape index (κ2) is 9.16. The highest BCUT2D eigenvalue weighted by atomic mass is 35.5. The highest BCUT2D eigenvalue weighted by Crippen LogP contribution is 2.24. The topological polar surface area (TPSA) is 67.2 Å². The Hall–Kier alpha value is -2.89. The Labute approximate surface area is 162 Å². The smallest absolute Gasteiger partial charge is 0.244 e. The number of aromatic nitrogens is 2. The first-order valence-corrected chi connectivity index (χ1v) is 8.98. The maximum absolute atomic E-state index is 11.8. The molecule has 0 aliphatic rings. The number of hydrogen-bond donors (Lipinski definition) is 2. The molecule has 0 aliphatic heterocycles. The van der Waals surface area contributed by atoms with Gasteiger partial charge in [0.25, 0.3) is 0 Å². The van der Waals surface area contributed by atoms with E-state index in [9.17, 15) is 4.79 Å². The molecule has 2 N–H and O–H groups in total. The van der Waals surface area contributed by atoms with Crippen molar-refractivity contribution in [3.8, 4) is 11.3 Å². The predicted octanol–water partition coefficient (Wildman–Crippen LogP) is 3.37. The zero-order valence-corrected chi connectivity index (χ0v) is 15.4. The summed E-state index contributed by atoms with van der Waals surface area (Å²) in [7, 11) is 0. The molecule has 3 rings (SSSR count). The van der Waals surface area contributed by atoms with Crippen molar-refractivity contribution in [2.75, 3.05) is 13.2 Å². The maximum atomic E-state index is 11.8. The van der Waals surface area contributed by atoms with Crippen LogP contribution in [0.1, 0.15) is 11.1 Å². The Morgan fingerprint density at radius 2 is 1.89 bits per heavy atom. The first-order valence-electron chi connectivity index (χ1n) is 8.60. The fourth-order valence-electron chi connectivity index (χ4n) is 2.66. The zero-order valence-electron chi connectivity index (χ0n) is 14.7. The van der Waals surface area contributed by atoms with Gasteiger partial charge >= 0.3 is 0 Å². The van der Waals surface area contributed by atoms with Crippen molar-refractivity contribution in [1.82, 2.24) is 15.1 Å². The molecule has 3 aromatic rings. The van der Waals surface area contributed by atoms with Gasteiger partial charge in [0.1, 0.15) is 0 Å². The summed E-state index contributed by atoms with van der Waals surface area (Å²) >= 11 is 6.26. The highest BCUT2D eigenvalue weighted by Gasteiger charge is 2.11. The van der Waals surface area contributed by atoms with Gasteiger partial charge in [-0.25, -0.2) is 0 Å². The monoisotopic (exact) mass is 381 g/mol. The first-order chi connectivity index (χ1) is 13.2. The predicted molar refractivity (Wildman–Crippen MR) is 107 cm³/mol. The van der Waals surface area contributed by atoms with Crippen LogP contribution >= 0.6 is 11.6 Å². The quantitative estimate of drug-likeness (QED) is 0.616. The Morgan fingerprint density at radius 1 is 1.15 bits per heavy atom. The summed E-state index contributed by atoms with van der Waals surface area (Å²) in [6.45, 7) is 0.662. The molecule has 1 amide bonds. The van der Waals surface area contributed by atoms with Crippen molar-refractivity contribution in [3.05, 3.63) is 83.0 Å². The van der Waals surface area contributed by atoms with Gasteiger partial charge in [0.2, 0.25) is 5.91 Å². The molecular weight excluding hydrogens is 362 g/mol. The molecule has 6 heteroatoms. The molecule has 27 heavy (non-hydrogen) atoms. The van der Waals surface area contributed by atoms with E-state index >= 15 is 0 Å². The molecule has 2 aromatic carbocycles. The molecule has 0 spiro atoms. The number of halogens is 1. The van der Waals surface area contributed by atoms with E-state index in [-0.39, 0.29) is 19.1 Å². The van der Waals surface area contributed by atoms with Gasteiger partial charge in [-0.1, -0.05) is 60.1 Å². The van der Waals surface area contributed by atoms with E-state index in [0.717, 1.165) is 22.4 Å². The third-order valence-electron chi connectivity index (χ3n) is 3.95. The van der Waals surface area contributed by atoms with E-state index in [1.807, 2.05) is 65.5 Å². The molecular formula is C21H20ClN3O2. The summed E-state index contributed by atoms with van der Waals surface area (Å²) in [5, 5.41) is 16.8. The second-order valence-electron chi connectivity index (χ2n) is 5.94. The minimum Gasteiger partial charge on any atom is -0.395 e. The summed E-state index contributed by atoms with van der Waals surface area (Å²) in [5.74, 6) is -0.262. The van der Waals surface area contributed by atoms with Crippen LogP contribution in [0.2, 0.25) is 5.02 Å². The van der Waals surface area contributed by atoms with Gasteiger partial charge in [-0.15, -0.1) is 0 Å². The van der Waals surface area contributed by atoms with E-state index in [1.165, 1.54) is 6.08 Å². The van der Waals surface area contributed by atoms with Gasteiger partial charge < -0.3 is 10.4 Å². The van der Waals surface area contributed by atoms with E-state index < -0.39 is 0 Å². The molecule has 5 nitrogen and oxygen atoms in total. The number of hydrogen-bond acceptors (Lipinski definition) is 3. The SMILES string of the molecule is O=C(/C=C/c1cn(Cc2ccccc2Cl)nc1-c1ccccc1)NCCO. The van der Waals surface area contributed by atoms with Crippen LogP contribution in [0, 0.1) is 0 Å². The number of carbonyl (C=O) groups is 1. The average molecular weight is 382 g/mol. The molecule has 1 aromatic heterocycles. The van der Waals surface area contributed by atoms with Gasteiger partial charge in [-0.3, -0.25) is 9.48 Å². The van der Waals surface area contributed by atoms with Crippen LogP contribution in [0.25, 0.3) is 17.3 Å². The molecule has 0 bridgehead atoms. The van der Waals surface area contributed by atoms with Crippen molar-refractivity contribution in [3.63, 3.8) is 0 Å². The number of carbonyl (C=O) groups excluding carboxylic acids is 1. The molecule has 0 aliphatic carbocycles. The minimum absolute atomic E-state index is 0.0926. The lowest BCUT2D eigenvalue weighted by Gasteiger charge is -2.04. The molecule has 0 fully saturated rings. The minimum atomic E-state index is -0.262. The lowest BCUT2D eigenvalue weighted by molar-refractivity contribution is -0.116. The van der Waals surface area contributed by atoms with Gasteiger partial charge in [0, 0.05) is 35.0 Å². The summed E-state index contributed by atoms with van der Waals surface area (Å²) in [5.41, 5.74) is 3.55. The number of rotatable bonds is 7. The fourth-order valence-corrected chi connectivity index (χ4v) is 2.86. The fraction of sp³-hybridized carbons (Fsp3) is 0.143. The van der Waals surface area contributed by atoms with Crippen LogP contribution in [0.15, 0.2) is 66.9 Å². The maximum Gasteiger partial charge on any atom is 0.244 e. The van der Waals surface area contributed by atoms with Crippen molar-refractivity contribution in [2.24, 2.45) is 0 Å². The summed E-state index contributed by atoms with van der Waals surface area (Å²) in [4.78, 5) is 11.8. The molecule has 0 atom stereocenters. The van der Waals surface area contributed by atoms with E-state index in [2.05, 4.69) is 5.32 Å². The standard InChI is InChI=1S/C21H20ClN3O2/c22-19-9-5-4-8-17(19)14-25-15-18(10-11-20(27)23-12-13-26)21(24-25)16-6-2-1-3-7-16/h1-11,15,26H,12-14H2,(H,23,27)/b11-10+. The molecule has 0 unspecified atom stereocenters. The Bertz CT molecular complexity index is 936. The summed E-state index contributed by atoms with van der Waals surface area (Å²) in [6.07, 6.45) is 5.06. The van der Waals surface area contributed by atoms with Crippen molar-refractivity contribution in [2.45, 2.75) is 6.54 Å². The summed E-state index contributed by atoms with van der Waals surface area (Å²) in [6, 6.07) is 17.4. The van der Waals surface area contributed by atoms with Crippen LogP contribution in [-0.2, 0) is 11.3 Å². The van der Waals surface area contributed by atoms with Gasteiger partial charge in [-0.2, -0.15) is 5.10 Å². The normalized spacial score (nSPS) is 11.0. The van der Waals surface area contributed by atoms with Gasteiger partial charge in [0.05, 0.1) is 18.8 Å². The van der Waals surface area contributed by atoms with E-state index in [4.69, 9.17) is 21.8 Å².